The molecule has 0 aromatic rings. The second-order valence-corrected chi connectivity index (χ2v) is 6.72. The summed E-state index contributed by atoms with van der Waals surface area (Å²) in [4.78, 5) is 11.6. The maximum Gasteiger partial charge on any atom is 0.461 e. The van der Waals surface area contributed by atoms with Crippen molar-refractivity contribution in [3.05, 3.63) is 11.6 Å². The van der Waals surface area contributed by atoms with E-state index in [9.17, 15) is 79.4 Å². The van der Waals surface area contributed by atoms with Crippen LogP contribution in [0, 0.1) is 0 Å². The number of aliphatic hydroxyl groups excluding tert-OH is 1. The van der Waals surface area contributed by atoms with Crippen LogP contribution < -0.4 is 0 Å². The molecule has 0 aliphatic heterocycles. The zero-order valence-electron chi connectivity index (χ0n) is 16.6. The smallest absolute Gasteiger partial charge is 0.413 e. The third-order valence-corrected chi connectivity index (χ3v) is 4.06. The van der Waals surface area contributed by atoms with Gasteiger partial charge in [0, 0.05) is 12.0 Å². The summed E-state index contributed by atoms with van der Waals surface area (Å²) in [7, 11) is 0. The van der Waals surface area contributed by atoms with E-state index in [2.05, 4.69) is 4.74 Å². The fraction of sp³-hybridized carbons (Fsp3) is 0.800. The molecule has 0 amide bonds. The Morgan fingerprint density at radius 2 is 1.03 bits per heavy atom. The van der Waals surface area contributed by atoms with Gasteiger partial charge in [0.15, 0.2) is 0 Å². The third-order valence-electron chi connectivity index (χ3n) is 4.06. The molecule has 0 spiro atoms. The average molecular weight is 562 g/mol. The van der Waals surface area contributed by atoms with Gasteiger partial charge in [0.2, 0.25) is 0 Å². The highest BCUT2D eigenvalue weighted by Gasteiger charge is 2.96. The molecule has 3 nitrogen and oxygen atoms in total. The number of halogens is 17. The molecular weight excluding hydrogens is 551 g/mol. The Bertz CT molecular complexity index is 809. The summed E-state index contributed by atoms with van der Waals surface area (Å²) in [6.45, 7) is 1.36. The van der Waals surface area contributed by atoms with Crippen molar-refractivity contribution in [2.75, 3.05) is 0 Å². The number of alkyl halides is 17. The summed E-state index contributed by atoms with van der Waals surface area (Å²) in [5, 5.41) is 9.02. The van der Waals surface area contributed by atoms with Gasteiger partial charge in [-0.3, -0.25) is 0 Å². The topological polar surface area (TPSA) is 46.5 Å². The molecule has 0 aromatic heterocycles. The Labute approximate surface area is 182 Å². The quantitative estimate of drug-likeness (QED) is 0.207. The largest absolute Gasteiger partial charge is 0.461 e. The van der Waals surface area contributed by atoms with Crippen LogP contribution in [0.25, 0.3) is 0 Å². The van der Waals surface area contributed by atoms with Gasteiger partial charge in [-0.15, -0.1) is 0 Å². The SMILES string of the molecule is CC=C(CC(C)O)C(=O)OC(F)(C(F)(F)C(F)(F)F)C(F)(F)C(F)(F)C(F)(F)C(F)(F)C(F)(F)F. The Morgan fingerprint density at radius 1 is 0.686 bits per heavy atom. The van der Waals surface area contributed by atoms with Crippen molar-refractivity contribution in [2.24, 2.45) is 0 Å². The van der Waals surface area contributed by atoms with Crippen LogP contribution in [-0.4, -0.2) is 65.0 Å². The molecule has 208 valence electrons. The maximum atomic E-state index is 14.5. The highest BCUT2D eigenvalue weighted by Crippen LogP contribution is 2.64. The molecule has 0 rings (SSSR count). The van der Waals surface area contributed by atoms with Crippen LogP contribution in [-0.2, 0) is 9.53 Å². The maximum absolute atomic E-state index is 14.5. The predicted octanol–water partition coefficient (Wildman–Crippen LogP) is 6.21. The first-order chi connectivity index (χ1) is 15.0. The fourth-order valence-electron chi connectivity index (χ4n) is 2.11. The number of carbonyl (C=O) groups excluding carboxylic acids is 1. The van der Waals surface area contributed by atoms with Crippen LogP contribution in [0.4, 0.5) is 74.6 Å². The Kier molecular flexibility index (Phi) is 8.60. The van der Waals surface area contributed by atoms with E-state index < -0.39 is 71.9 Å². The average Bonchev–Trinajstić information content (AvgIpc) is 2.62. The number of rotatable bonds is 9. The number of aliphatic hydroxyl groups is 1. The van der Waals surface area contributed by atoms with Crippen molar-refractivity contribution in [1.29, 1.82) is 0 Å². The number of hydrogen-bond acceptors (Lipinski definition) is 3. The lowest BCUT2D eigenvalue weighted by atomic mass is 9.89. The first-order valence-corrected chi connectivity index (χ1v) is 8.29. The van der Waals surface area contributed by atoms with Gasteiger partial charge >= 0.3 is 53.8 Å². The molecule has 0 bridgehead atoms. The molecule has 20 heteroatoms. The Morgan fingerprint density at radius 3 is 1.31 bits per heavy atom. The van der Waals surface area contributed by atoms with Gasteiger partial charge in [-0.2, -0.15) is 74.6 Å². The van der Waals surface area contributed by atoms with Gasteiger partial charge < -0.3 is 9.84 Å². The zero-order valence-corrected chi connectivity index (χ0v) is 16.6. The van der Waals surface area contributed by atoms with E-state index >= 15 is 0 Å². The minimum Gasteiger partial charge on any atom is -0.413 e. The Balaban J connectivity index is 7.25. The first kappa shape index (κ1) is 33.0. The van der Waals surface area contributed by atoms with Crippen molar-refractivity contribution in [1.82, 2.24) is 0 Å². The van der Waals surface area contributed by atoms with E-state index in [4.69, 9.17) is 5.11 Å². The van der Waals surface area contributed by atoms with E-state index in [-0.39, 0.29) is 6.08 Å². The van der Waals surface area contributed by atoms with Crippen molar-refractivity contribution < 1.29 is 89.3 Å². The second kappa shape index (κ2) is 9.13. The number of allylic oxidation sites excluding steroid dienone is 1. The van der Waals surface area contributed by atoms with Gasteiger partial charge in [-0.05, 0) is 13.8 Å². The van der Waals surface area contributed by atoms with Crippen LogP contribution in [0.3, 0.4) is 0 Å². The number of carbonyl (C=O) groups is 1. The molecule has 35 heavy (non-hydrogen) atoms. The number of esters is 1. The molecule has 0 fully saturated rings. The van der Waals surface area contributed by atoms with Crippen LogP contribution in [0.15, 0.2) is 11.6 Å². The highest BCUT2D eigenvalue weighted by atomic mass is 19.4. The fourth-order valence-corrected chi connectivity index (χ4v) is 2.11. The monoisotopic (exact) mass is 562 g/mol. The molecule has 0 aliphatic rings. The first-order valence-electron chi connectivity index (χ1n) is 8.29. The summed E-state index contributed by atoms with van der Waals surface area (Å²) < 4.78 is 226. The van der Waals surface area contributed by atoms with Gasteiger partial charge in [0.25, 0.3) is 0 Å². The normalized spacial score (nSPS) is 18.2. The molecule has 2 unspecified atom stereocenters. The lowest BCUT2D eigenvalue weighted by Gasteiger charge is -2.44. The molecule has 1 N–H and O–H groups in total. The van der Waals surface area contributed by atoms with E-state index in [0.717, 1.165) is 6.92 Å². The summed E-state index contributed by atoms with van der Waals surface area (Å²) in [6.07, 6.45) is -18.5. The summed E-state index contributed by atoms with van der Waals surface area (Å²) >= 11 is 0. The van der Waals surface area contributed by atoms with Crippen LogP contribution >= 0.6 is 0 Å². The lowest BCUT2D eigenvalue weighted by Crippen LogP contribution is -2.76. The van der Waals surface area contributed by atoms with Crippen molar-refractivity contribution in [2.45, 2.75) is 74.2 Å². The van der Waals surface area contributed by atoms with E-state index in [0.29, 0.717) is 6.92 Å². The third kappa shape index (κ3) is 4.98. The Hall–Kier alpha value is -2.02. The molecule has 0 saturated carbocycles. The van der Waals surface area contributed by atoms with Crippen LogP contribution in [0.5, 0.6) is 0 Å². The highest BCUT2D eigenvalue weighted by molar-refractivity contribution is 5.88. The van der Waals surface area contributed by atoms with E-state index in [1.807, 2.05) is 0 Å². The molecule has 0 radical (unpaired) electrons. The minimum atomic E-state index is -8.73. The zero-order chi connectivity index (χ0) is 28.9. The molecule has 2 atom stereocenters. The van der Waals surface area contributed by atoms with Gasteiger partial charge in [-0.1, -0.05) is 6.08 Å². The lowest BCUT2D eigenvalue weighted by molar-refractivity contribution is -0.479. The predicted molar refractivity (Wildman–Crippen MR) is 76.8 cm³/mol. The molecule has 0 saturated heterocycles. The molecule has 0 aromatic carbocycles. The van der Waals surface area contributed by atoms with Gasteiger partial charge in [-0.25, -0.2) is 4.79 Å². The standard InChI is InChI=1S/C15H11F17O3/c1-3-6(4-5(2)33)7(34)35-13(26,12(24,25)15(30,31)32)10(20,21)8(16,17)9(18,19)11(22,23)14(27,28)29/h3,5,33H,4H2,1-2H3. The van der Waals surface area contributed by atoms with E-state index in [1.165, 1.54) is 0 Å². The van der Waals surface area contributed by atoms with Crippen molar-refractivity contribution in [3.8, 4) is 0 Å². The number of ether oxygens (including phenoxy) is 1. The molecule has 0 aliphatic carbocycles. The molecule has 0 heterocycles. The van der Waals surface area contributed by atoms with Crippen molar-refractivity contribution >= 4 is 5.97 Å². The molecular formula is C15H11F17O3. The van der Waals surface area contributed by atoms with Crippen molar-refractivity contribution in [3.63, 3.8) is 0 Å². The van der Waals surface area contributed by atoms with Crippen LogP contribution in [0.2, 0.25) is 0 Å². The van der Waals surface area contributed by atoms with Crippen LogP contribution in [0.1, 0.15) is 20.3 Å². The summed E-state index contributed by atoms with van der Waals surface area (Å²) in [6, 6.07) is 0. The van der Waals surface area contributed by atoms with Gasteiger partial charge in [0.1, 0.15) is 0 Å². The minimum absolute atomic E-state index is 0.240. The van der Waals surface area contributed by atoms with E-state index in [1.54, 1.807) is 0 Å². The second-order valence-electron chi connectivity index (χ2n) is 6.72. The number of hydrogen-bond donors (Lipinski definition) is 1. The summed E-state index contributed by atoms with van der Waals surface area (Å²) in [5.41, 5.74) is -1.51. The van der Waals surface area contributed by atoms with Gasteiger partial charge in [0.05, 0.1) is 6.10 Å². The summed E-state index contributed by atoms with van der Waals surface area (Å²) in [5.74, 6) is -53.6.